The molecule has 0 aliphatic heterocycles. The zero-order chi connectivity index (χ0) is 20.5. The van der Waals surface area contributed by atoms with Crippen molar-refractivity contribution in [1.82, 2.24) is 0 Å². The third-order valence-corrected chi connectivity index (χ3v) is 5.65. The van der Waals surface area contributed by atoms with Gasteiger partial charge in [0.2, 0.25) is 0 Å². The van der Waals surface area contributed by atoms with Crippen LogP contribution in [0.1, 0.15) is 21.5 Å². The SMILES string of the molecule is Cc1cc(C)c2oc(-c3ccc(C(=O)Nc4ccccc4I)cc3)cc(=O)c2c1. The minimum Gasteiger partial charge on any atom is -0.456 e. The van der Waals surface area contributed by atoms with Crippen molar-refractivity contribution in [2.45, 2.75) is 13.8 Å². The Kier molecular flexibility index (Phi) is 5.24. The van der Waals surface area contributed by atoms with E-state index in [1.807, 2.05) is 50.2 Å². The van der Waals surface area contributed by atoms with Crippen LogP contribution in [0.25, 0.3) is 22.3 Å². The molecule has 4 rings (SSSR count). The smallest absolute Gasteiger partial charge is 0.255 e. The van der Waals surface area contributed by atoms with Crippen molar-refractivity contribution in [2.75, 3.05) is 5.32 Å². The summed E-state index contributed by atoms with van der Waals surface area (Å²) in [4.78, 5) is 25.1. The highest BCUT2D eigenvalue weighted by Crippen LogP contribution is 2.26. The van der Waals surface area contributed by atoms with Gasteiger partial charge in [0.15, 0.2) is 5.43 Å². The number of carbonyl (C=O) groups is 1. The zero-order valence-electron chi connectivity index (χ0n) is 16.0. The van der Waals surface area contributed by atoms with E-state index >= 15 is 0 Å². The lowest BCUT2D eigenvalue weighted by Gasteiger charge is -2.09. The molecule has 0 radical (unpaired) electrons. The minimum atomic E-state index is -0.188. The Hall–Kier alpha value is -2.93. The predicted octanol–water partition coefficient (Wildman–Crippen LogP) is 5.93. The predicted molar refractivity (Wildman–Crippen MR) is 125 cm³/mol. The molecule has 0 aliphatic rings. The molecule has 0 unspecified atom stereocenters. The third kappa shape index (κ3) is 3.96. The summed E-state index contributed by atoms with van der Waals surface area (Å²) in [5.41, 5.74) is 4.52. The first-order valence-corrected chi connectivity index (χ1v) is 10.2. The fourth-order valence-corrected chi connectivity index (χ4v) is 3.82. The van der Waals surface area contributed by atoms with Crippen LogP contribution in [0.5, 0.6) is 0 Å². The van der Waals surface area contributed by atoms with Crippen LogP contribution in [-0.4, -0.2) is 5.91 Å². The molecule has 0 saturated heterocycles. The molecular weight excluding hydrogens is 477 g/mol. The van der Waals surface area contributed by atoms with Crippen LogP contribution in [0.3, 0.4) is 0 Å². The molecule has 0 bridgehead atoms. The second-order valence-electron chi connectivity index (χ2n) is 6.94. The van der Waals surface area contributed by atoms with E-state index in [0.29, 0.717) is 22.3 Å². The molecular formula is C24H18INO3. The lowest BCUT2D eigenvalue weighted by molar-refractivity contribution is 0.102. The molecule has 4 aromatic rings. The summed E-state index contributed by atoms with van der Waals surface area (Å²) in [6.45, 7) is 3.89. The first-order valence-electron chi connectivity index (χ1n) is 9.14. The number of rotatable bonds is 3. The van der Waals surface area contributed by atoms with Crippen molar-refractivity contribution in [1.29, 1.82) is 0 Å². The van der Waals surface area contributed by atoms with Crippen LogP contribution < -0.4 is 10.7 Å². The standard InChI is InChI=1S/C24H18INO3/c1-14-11-15(2)23-18(12-14)21(27)13-22(29-23)16-7-9-17(10-8-16)24(28)26-20-6-4-3-5-19(20)25/h3-13H,1-2H3,(H,26,28). The van der Waals surface area contributed by atoms with Crippen molar-refractivity contribution in [3.63, 3.8) is 0 Å². The summed E-state index contributed by atoms with van der Waals surface area (Å²) in [6, 6.07) is 20.0. The normalized spacial score (nSPS) is 10.9. The number of nitrogens with one attached hydrogen (secondary N) is 1. The van der Waals surface area contributed by atoms with Gasteiger partial charge in [0.05, 0.1) is 11.1 Å². The average Bonchev–Trinajstić information content (AvgIpc) is 2.70. The summed E-state index contributed by atoms with van der Waals surface area (Å²) in [5, 5.41) is 3.49. The lowest BCUT2D eigenvalue weighted by atomic mass is 10.1. The number of anilines is 1. The maximum Gasteiger partial charge on any atom is 0.255 e. The van der Waals surface area contributed by atoms with E-state index in [2.05, 4.69) is 27.9 Å². The van der Waals surface area contributed by atoms with Crippen LogP contribution in [0.15, 0.2) is 75.9 Å². The molecule has 1 amide bonds. The quantitative estimate of drug-likeness (QED) is 0.359. The molecule has 0 saturated carbocycles. The van der Waals surface area contributed by atoms with E-state index in [9.17, 15) is 9.59 Å². The first kappa shape index (κ1) is 19.4. The molecule has 1 aromatic heterocycles. The molecule has 0 spiro atoms. The van der Waals surface area contributed by atoms with E-state index in [0.717, 1.165) is 25.9 Å². The van der Waals surface area contributed by atoms with Gasteiger partial charge >= 0.3 is 0 Å². The van der Waals surface area contributed by atoms with E-state index in [1.54, 1.807) is 24.3 Å². The van der Waals surface area contributed by atoms with Gasteiger partial charge in [-0.3, -0.25) is 9.59 Å². The molecule has 3 aromatic carbocycles. The lowest BCUT2D eigenvalue weighted by Crippen LogP contribution is -2.12. The van der Waals surface area contributed by atoms with E-state index in [-0.39, 0.29) is 11.3 Å². The van der Waals surface area contributed by atoms with Crippen LogP contribution in [0.2, 0.25) is 0 Å². The highest BCUT2D eigenvalue weighted by Gasteiger charge is 2.12. The van der Waals surface area contributed by atoms with E-state index in [1.165, 1.54) is 6.07 Å². The van der Waals surface area contributed by atoms with Crippen LogP contribution in [0.4, 0.5) is 5.69 Å². The number of fused-ring (bicyclic) bond motifs is 1. The van der Waals surface area contributed by atoms with Crippen molar-refractivity contribution in [3.8, 4) is 11.3 Å². The fraction of sp³-hybridized carbons (Fsp3) is 0.0833. The molecule has 0 fully saturated rings. The highest BCUT2D eigenvalue weighted by molar-refractivity contribution is 14.1. The van der Waals surface area contributed by atoms with Crippen molar-refractivity contribution in [3.05, 3.63) is 97.2 Å². The summed E-state index contributed by atoms with van der Waals surface area (Å²) < 4.78 is 7.00. The van der Waals surface area contributed by atoms with Gasteiger partial charge in [-0.1, -0.05) is 30.3 Å². The Morgan fingerprint density at radius 2 is 1.69 bits per heavy atom. The van der Waals surface area contributed by atoms with Crippen molar-refractivity contribution < 1.29 is 9.21 Å². The van der Waals surface area contributed by atoms with Gasteiger partial charge in [0.1, 0.15) is 11.3 Å². The molecule has 5 heteroatoms. The van der Waals surface area contributed by atoms with Gasteiger partial charge in [-0.15, -0.1) is 0 Å². The van der Waals surface area contributed by atoms with Crippen LogP contribution in [-0.2, 0) is 0 Å². The monoisotopic (exact) mass is 495 g/mol. The Morgan fingerprint density at radius 3 is 2.41 bits per heavy atom. The summed E-state index contributed by atoms with van der Waals surface area (Å²) in [5.74, 6) is 0.297. The van der Waals surface area contributed by atoms with E-state index < -0.39 is 0 Å². The second-order valence-corrected chi connectivity index (χ2v) is 8.11. The molecule has 1 heterocycles. The summed E-state index contributed by atoms with van der Waals surface area (Å²) in [6.07, 6.45) is 0. The van der Waals surface area contributed by atoms with Crippen molar-refractivity contribution in [2.24, 2.45) is 0 Å². The average molecular weight is 495 g/mol. The summed E-state index contributed by atoms with van der Waals surface area (Å²) in [7, 11) is 0. The number of amides is 1. The Bertz CT molecular complexity index is 1290. The maximum absolute atomic E-state index is 12.6. The van der Waals surface area contributed by atoms with Gasteiger partial charge in [-0.2, -0.15) is 0 Å². The summed E-state index contributed by atoms with van der Waals surface area (Å²) >= 11 is 2.18. The first-order chi connectivity index (χ1) is 13.9. The highest BCUT2D eigenvalue weighted by atomic mass is 127. The Balaban J connectivity index is 1.65. The number of halogens is 1. The molecule has 144 valence electrons. The molecule has 0 atom stereocenters. The molecule has 4 nitrogen and oxygen atoms in total. The number of hydrogen-bond donors (Lipinski definition) is 1. The van der Waals surface area contributed by atoms with Crippen LogP contribution in [0, 0.1) is 17.4 Å². The van der Waals surface area contributed by atoms with Crippen LogP contribution >= 0.6 is 22.6 Å². The Labute approximate surface area is 181 Å². The van der Waals surface area contributed by atoms with E-state index in [4.69, 9.17) is 4.42 Å². The number of para-hydroxylation sites is 1. The third-order valence-electron chi connectivity index (χ3n) is 4.71. The van der Waals surface area contributed by atoms with Gasteiger partial charge in [-0.25, -0.2) is 0 Å². The number of benzene rings is 3. The molecule has 29 heavy (non-hydrogen) atoms. The van der Waals surface area contributed by atoms with Gasteiger partial charge < -0.3 is 9.73 Å². The number of aryl methyl sites for hydroxylation is 2. The zero-order valence-corrected chi connectivity index (χ0v) is 18.1. The second kappa shape index (κ2) is 7.83. The minimum absolute atomic E-state index is 0.0754. The van der Waals surface area contributed by atoms with Gasteiger partial charge in [-0.05, 0) is 77.9 Å². The number of carbonyl (C=O) groups excluding carboxylic acids is 1. The van der Waals surface area contributed by atoms with Crippen molar-refractivity contribution >= 4 is 45.2 Å². The Morgan fingerprint density at radius 1 is 0.966 bits per heavy atom. The van der Waals surface area contributed by atoms with Gasteiger partial charge in [0, 0.05) is 20.8 Å². The van der Waals surface area contributed by atoms with Gasteiger partial charge in [0.25, 0.3) is 5.91 Å². The largest absolute Gasteiger partial charge is 0.456 e. The maximum atomic E-state index is 12.6. The molecule has 1 N–H and O–H groups in total. The molecule has 0 aliphatic carbocycles. The topological polar surface area (TPSA) is 59.3 Å². The fourth-order valence-electron chi connectivity index (χ4n) is 3.29. The number of hydrogen-bond acceptors (Lipinski definition) is 3.